The number of nitrogens with zero attached hydrogens (tertiary/aromatic N) is 3. The zero-order valence-electron chi connectivity index (χ0n) is 13.2. The Labute approximate surface area is 137 Å². The molecule has 1 fully saturated rings. The molecule has 0 spiro atoms. The van der Waals surface area contributed by atoms with E-state index in [1.807, 2.05) is 25.4 Å². The van der Waals surface area contributed by atoms with E-state index in [9.17, 15) is 0 Å². The summed E-state index contributed by atoms with van der Waals surface area (Å²) in [6.07, 6.45) is 6.09. The van der Waals surface area contributed by atoms with Crippen LogP contribution in [0.5, 0.6) is 0 Å². The van der Waals surface area contributed by atoms with Crippen molar-refractivity contribution in [1.29, 1.82) is 0 Å². The molecule has 0 aromatic carbocycles. The average molecular weight is 314 g/mol. The van der Waals surface area contributed by atoms with Crippen LogP contribution in [0.3, 0.4) is 0 Å². The summed E-state index contributed by atoms with van der Waals surface area (Å²) in [7, 11) is 2.05. The van der Waals surface area contributed by atoms with Gasteiger partial charge in [0.2, 0.25) is 0 Å². The van der Waals surface area contributed by atoms with Gasteiger partial charge < -0.3 is 14.8 Å². The smallest absolute Gasteiger partial charge is 0.170 e. The molecule has 0 aliphatic carbocycles. The van der Waals surface area contributed by atoms with Crippen molar-refractivity contribution in [2.24, 2.45) is 13.0 Å². The molecule has 0 unspecified atom stereocenters. The van der Waals surface area contributed by atoms with Gasteiger partial charge in [0.1, 0.15) is 0 Å². The number of hydrogen-bond acceptors (Lipinski definition) is 2. The molecule has 1 aliphatic rings. The van der Waals surface area contributed by atoms with E-state index >= 15 is 0 Å². The Bertz CT molecular complexity index is 650. The Morgan fingerprint density at radius 3 is 2.73 bits per heavy atom. The van der Waals surface area contributed by atoms with E-state index < -0.39 is 0 Å². The second kappa shape index (κ2) is 6.08. The van der Waals surface area contributed by atoms with Crippen LogP contribution in [0.2, 0.25) is 0 Å². The molecule has 116 valence electrons. The minimum Gasteiger partial charge on any atom is -0.357 e. The van der Waals surface area contributed by atoms with Crippen LogP contribution in [0.15, 0.2) is 42.9 Å². The van der Waals surface area contributed by atoms with E-state index in [0.29, 0.717) is 5.92 Å². The highest BCUT2D eigenvalue weighted by atomic mass is 32.1. The molecule has 4 nitrogen and oxygen atoms in total. The Morgan fingerprint density at radius 2 is 2.14 bits per heavy atom. The highest BCUT2D eigenvalue weighted by molar-refractivity contribution is 7.80. The predicted octanol–water partition coefficient (Wildman–Crippen LogP) is 3.05. The Kier molecular flexibility index (Phi) is 4.16. The monoisotopic (exact) mass is 314 g/mol. The number of nitrogens with one attached hydrogen (secondary N) is 1. The van der Waals surface area contributed by atoms with Gasteiger partial charge in [-0.1, -0.05) is 19.9 Å². The van der Waals surface area contributed by atoms with Crippen LogP contribution in [0.4, 0.5) is 0 Å². The van der Waals surface area contributed by atoms with Crippen molar-refractivity contribution in [2.45, 2.75) is 25.9 Å². The summed E-state index contributed by atoms with van der Waals surface area (Å²) in [5.41, 5.74) is 2.30. The van der Waals surface area contributed by atoms with Gasteiger partial charge in [-0.2, -0.15) is 0 Å². The lowest BCUT2D eigenvalue weighted by Gasteiger charge is -2.28. The zero-order valence-corrected chi connectivity index (χ0v) is 14.0. The Hall–Kier alpha value is -1.88. The van der Waals surface area contributed by atoms with E-state index in [4.69, 9.17) is 12.2 Å². The van der Waals surface area contributed by atoms with E-state index in [1.165, 1.54) is 5.56 Å². The highest BCUT2D eigenvalue weighted by Crippen LogP contribution is 2.38. The topological polar surface area (TPSA) is 33.1 Å². The van der Waals surface area contributed by atoms with Crippen LogP contribution in [0, 0.1) is 5.92 Å². The molecule has 0 radical (unpaired) electrons. The third-order valence-corrected chi connectivity index (χ3v) is 4.31. The third kappa shape index (κ3) is 2.86. The number of pyridine rings is 1. The second-order valence-electron chi connectivity index (χ2n) is 6.28. The molecule has 3 heterocycles. The van der Waals surface area contributed by atoms with Crippen molar-refractivity contribution in [2.75, 3.05) is 6.54 Å². The van der Waals surface area contributed by atoms with Crippen LogP contribution in [0.1, 0.15) is 37.2 Å². The van der Waals surface area contributed by atoms with Crippen LogP contribution in [0.25, 0.3) is 0 Å². The van der Waals surface area contributed by atoms with E-state index in [-0.39, 0.29) is 12.1 Å². The molecule has 2 atom stereocenters. The van der Waals surface area contributed by atoms with Crippen LogP contribution in [-0.2, 0) is 7.05 Å². The highest BCUT2D eigenvalue weighted by Gasteiger charge is 2.40. The van der Waals surface area contributed by atoms with Gasteiger partial charge in [0.05, 0.1) is 17.8 Å². The fourth-order valence-electron chi connectivity index (χ4n) is 3.06. The molecule has 1 saturated heterocycles. The van der Waals surface area contributed by atoms with Gasteiger partial charge >= 0.3 is 0 Å². The molecule has 5 heteroatoms. The molecule has 1 N–H and O–H groups in total. The second-order valence-corrected chi connectivity index (χ2v) is 6.67. The quantitative estimate of drug-likeness (QED) is 0.879. The number of hydrogen-bond donors (Lipinski definition) is 1. The normalized spacial score (nSPS) is 21.5. The zero-order chi connectivity index (χ0) is 15.7. The Balaban J connectivity index is 2.00. The van der Waals surface area contributed by atoms with Crippen LogP contribution in [-0.4, -0.2) is 26.1 Å². The average Bonchev–Trinajstić information content (AvgIpc) is 3.04. The molecule has 2 aromatic rings. The first-order valence-corrected chi connectivity index (χ1v) is 8.07. The molecule has 2 aromatic heterocycles. The molecule has 0 saturated carbocycles. The molecule has 3 rings (SSSR count). The summed E-state index contributed by atoms with van der Waals surface area (Å²) in [6.45, 7) is 5.38. The summed E-state index contributed by atoms with van der Waals surface area (Å²) >= 11 is 5.60. The summed E-state index contributed by atoms with van der Waals surface area (Å²) in [6, 6.07) is 8.49. The fourth-order valence-corrected chi connectivity index (χ4v) is 3.37. The van der Waals surface area contributed by atoms with Crippen LogP contribution >= 0.6 is 12.2 Å². The van der Waals surface area contributed by atoms with Gasteiger partial charge in [-0.15, -0.1) is 0 Å². The number of rotatable bonds is 4. The largest absolute Gasteiger partial charge is 0.357 e. The minimum atomic E-state index is 0.0925. The van der Waals surface area contributed by atoms with Gasteiger partial charge in [0, 0.05) is 32.2 Å². The lowest BCUT2D eigenvalue weighted by molar-refractivity contribution is 0.287. The van der Waals surface area contributed by atoms with Crippen molar-refractivity contribution < 1.29 is 0 Å². The number of thiocarbonyl (C=S) groups is 1. The van der Waals surface area contributed by atoms with Crippen molar-refractivity contribution in [3.63, 3.8) is 0 Å². The van der Waals surface area contributed by atoms with Crippen molar-refractivity contribution >= 4 is 17.3 Å². The summed E-state index contributed by atoms with van der Waals surface area (Å²) in [5, 5.41) is 4.29. The molecule has 22 heavy (non-hydrogen) atoms. The summed E-state index contributed by atoms with van der Waals surface area (Å²) < 4.78 is 2.08. The standard InChI is InChI=1S/C17H22N4S/c1-12(2)10-21-16(13-7-9-20(3)11-13)15(19-17(21)22)14-6-4-5-8-18-14/h4-9,11-12,15-16H,10H2,1-3H3,(H,19,22)/t15-,16-/m1/s1. The van der Waals surface area contributed by atoms with E-state index in [2.05, 4.69) is 58.1 Å². The predicted molar refractivity (Wildman–Crippen MR) is 92.4 cm³/mol. The maximum atomic E-state index is 5.60. The van der Waals surface area contributed by atoms with Gasteiger partial charge in [-0.25, -0.2) is 0 Å². The minimum absolute atomic E-state index is 0.0925. The first kappa shape index (κ1) is 15.0. The summed E-state index contributed by atoms with van der Waals surface area (Å²) in [5.74, 6) is 0.549. The molecule has 0 bridgehead atoms. The van der Waals surface area contributed by atoms with E-state index in [1.54, 1.807) is 0 Å². The van der Waals surface area contributed by atoms with E-state index in [0.717, 1.165) is 17.4 Å². The SMILES string of the molecule is CC(C)CN1C(=S)N[C@H](c2ccccn2)[C@H]1c1ccn(C)c1. The van der Waals surface area contributed by atoms with Crippen LogP contribution < -0.4 is 5.32 Å². The number of aromatic nitrogens is 2. The summed E-state index contributed by atoms with van der Waals surface area (Å²) in [4.78, 5) is 6.84. The first-order valence-electron chi connectivity index (χ1n) is 7.66. The maximum Gasteiger partial charge on any atom is 0.170 e. The molecule has 0 amide bonds. The maximum absolute atomic E-state index is 5.60. The van der Waals surface area contributed by atoms with Gasteiger partial charge in [0.15, 0.2) is 5.11 Å². The molecular formula is C17H22N4S. The Morgan fingerprint density at radius 1 is 1.32 bits per heavy atom. The number of aryl methyl sites for hydroxylation is 1. The lowest BCUT2D eigenvalue weighted by atomic mass is 9.98. The van der Waals surface area contributed by atoms with Gasteiger partial charge in [-0.3, -0.25) is 4.98 Å². The molecular weight excluding hydrogens is 292 g/mol. The fraction of sp³-hybridized carbons (Fsp3) is 0.412. The van der Waals surface area contributed by atoms with Crippen molar-refractivity contribution in [1.82, 2.24) is 19.8 Å². The third-order valence-electron chi connectivity index (χ3n) is 3.96. The van der Waals surface area contributed by atoms with Gasteiger partial charge in [0.25, 0.3) is 0 Å². The van der Waals surface area contributed by atoms with Crippen molar-refractivity contribution in [3.05, 3.63) is 54.1 Å². The van der Waals surface area contributed by atoms with Crippen molar-refractivity contribution in [3.8, 4) is 0 Å². The molecule has 1 aliphatic heterocycles. The lowest BCUT2D eigenvalue weighted by Crippen LogP contribution is -2.32. The first-order chi connectivity index (χ1) is 10.6. The van der Waals surface area contributed by atoms with Gasteiger partial charge in [-0.05, 0) is 41.9 Å².